The molecule has 0 spiro atoms. The number of hydrogen-bond acceptors (Lipinski definition) is 4. The Kier molecular flexibility index (Phi) is 5.91. The normalized spacial score (nSPS) is 13.6. The van der Waals surface area contributed by atoms with Crippen LogP contribution in [-0.4, -0.2) is 28.8 Å². The number of nitrogens with two attached hydrogens (primary N) is 1. The van der Waals surface area contributed by atoms with Crippen LogP contribution >= 0.6 is 11.6 Å². The summed E-state index contributed by atoms with van der Waals surface area (Å²) < 4.78 is 0. The molecule has 0 heterocycles. The van der Waals surface area contributed by atoms with E-state index in [1.807, 2.05) is 13.0 Å². The highest BCUT2D eigenvalue weighted by molar-refractivity contribution is 6.31. The predicted octanol–water partition coefficient (Wildman–Crippen LogP) is 1.29. The van der Waals surface area contributed by atoms with Crippen LogP contribution in [0, 0.1) is 0 Å². The van der Waals surface area contributed by atoms with Crippen LogP contribution in [0.3, 0.4) is 0 Å². The minimum Gasteiger partial charge on any atom is -0.409 e. The first kappa shape index (κ1) is 14.8. The summed E-state index contributed by atoms with van der Waals surface area (Å²) in [4.78, 5) is 0. The van der Waals surface area contributed by atoms with Gasteiger partial charge in [-0.05, 0) is 25.0 Å². The molecule has 18 heavy (non-hydrogen) atoms. The second kappa shape index (κ2) is 7.20. The SMILES string of the molecule is CC(CCO)NCc1ccc(/C(N)=N/O)cc1Cl. The molecule has 0 radical (unpaired) electrons. The first-order chi connectivity index (χ1) is 8.58. The van der Waals surface area contributed by atoms with Crippen molar-refractivity contribution in [1.82, 2.24) is 5.32 Å². The summed E-state index contributed by atoms with van der Waals surface area (Å²) in [6.45, 7) is 2.76. The maximum absolute atomic E-state index is 8.80. The number of nitrogens with zero attached hydrogens (tertiary/aromatic N) is 1. The van der Waals surface area contributed by atoms with Gasteiger partial charge in [0.2, 0.25) is 0 Å². The molecule has 1 aromatic carbocycles. The number of halogens is 1. The highest BCUT2D eigenvalue weighted by atomic mass is 35.5. The van der Waals surface area contributed by atoms with E-state index < -0.39 is 0 Å². The Morgan fingerprint density at radius 2 is 2.28 bits per heavy atom. The first-order valence-corrected chi connectivity index (χ1v) is 6.06. The van der Waals surface area contributed by atoms with Crippen LogP contribution in [0.1, 0.15) is 24.5 Å². The fraction of sp³-hybridized carbons (Fsp3) is 0.417. The Bertz CT molecular complexity index is 424. The van der Waals surface area contributed by atoms with Crippen LogP contribution in [0.25, 0.3) is 0 Å². The van der Waals surface area contributed by atoms with E-state index in [1.165, 1.54) is 0 Å². The smallest absolute Gasteiger partial charge is 0.170 e. The van der Waals surface area contributed by atoms with E-state index in [0.29, 0.717) is 23.6 Å². The molecule has 1 atom stereocenters. The number of rotatable bonds is 6. The number of hydrogen-bond donors (Lipinski definition) is 4. The van der Waals surface area contributed by atoms with E-state index in [9.17, 15) is 0 Å². The molecular weight excluding hydrogens is 254 g/mol. The van der Waals surface area contributed by atoms with Gasteiger partial charge in [-0.2, -0.15) is 0 Å². The molecule has 0 aliphatic carbocycles. The van der Waals surface area contributed by atoms with Crippen molar-refractivity contribution in [2.24, 2.45) is 10.9 Å². The zero-order valence-electron chi connectivity index (χ0n) is 10.2. The topological polar surface area (TPSA) is 90.9 Å². The number of amidine groups is 1. The molecule has 0 bridgehead atoms. The molecule has 0 amide bonds. The summed E-state index contributed by atoms with van der Waals surface area (Å²) in [5.41, 5.74) is 6.98. The second-order valence-electron chi connectivity index (χ2n) is 4.09. The highest BCUT2D eigenvalue weighted by Crippen LogP contribution is 2.18. The standard InChI is InChI=1S/C12H18ClN3O2/c1-8(4-5-17)15-7-10-3-2-9(6-11(10)13)12(14)16-18/h2-3,6,8,15,17-18H,4-5,7H2,1H3,(H2,14,16). The van der Waals surface area contributed by atoms with Crippen molar-refractivity contribution >= 4 is 17.4 Å². The lowest BCUT2D eigenvalue weighted by molar-refractivity contribution is 0.268. The van der Waals surface area contributed by atoms with Crippen LogP contribution in [-0.2, 0) is 6.54 Å². The molecule has 0 saturated heterocycles. The van der Waals surface area contributed by atoms with E-state index in [-0.39, 0.29) is 18.5 Å². The number of aliphatic hydroxyl groups excluding tert-OH is 1. The minimum absolute atomic E-state index is 0.0325. The van der Waals surface area contributed by atoms with Gasteiger partial charge in [0.05, 0.1) is 0 Å². The fourth-order valence-corrected chi connectivity index (χ4v) is 1.73. The van der Waals surface area contributed by atoms with Gasteiger partial charge in [-0.15, -0.1) is 0 Å². The first-order valence-electron chi connectivity index (χ1n) is 5.69. The quantitative estimate of drug-likeness (QED) is 0.272. The van der Waals surface area contributed by atoms with Crippen molar-refractivity contribution in [1.29, 1.82) is 0 Å². The average molecular weight is 272 g/mol. The summed E-state index contributed by atoms with van der Waals surface area (Å²) in [5, 5.41) is 24.1. The molecule has 0 fully saturated rings. The van der Waals surface area contributed by atoms with Crippen molar-refractivity contribution < 1.29 is 10.3 Å². The molecule has 0 aromatic heterocycles. The Balaban J connectivity index is 2.68. The van der Waals surface area contributed by atoms with Gasteiger partial charge in [-0.25, -0.2) is 0 Å². The van der Waals surface area contributed by atoms with Crippen molar-refractivity contribution in [3.05, 3.63) is 34.3 Å². The summed E-state index contributed by atoms with van der Waals surface area (Å²) in [6.07, 6.45) is 0.694. The molecular formula is C12H18ClN3O2. The molecule has 1 unspecified atom stereocenters. The Labute approximate surface area is 111 Å². The van der Waals surface area contributed by atoms with Gasteiger partial charge in [0.15, 0.2) is 5.84 Å². The minimum atomic E-state index is 0.0325. The summed E-state index contributed by atoms with van der Waals surface area (Å²) in [5.74, 6) is 0.0325. The van der Waals surface area contributed by atoms with Gasteiger partial charge in [0.25, 0.3) is 0 Å². The van der Waals surface area contributed by atoms with E-state index in [1.54, 1.807) is 12.1 Å². The zero-order chi connectivity index (χ0) is 13.5. The molecule has 5 nitrogen and oxygen atoms in total. The molecule has 6 heteroatoms. The van der Waals surface area contributed by atoms with Gasteiger partial charge in [0, 0.05) is 29.8 Å². The van der Waals surface area contributed by atoms with Crippen LogP contribution in [0.2, 0.25) is 5.02 Å². The third-order valence-corrected chi connectivity index (χ3v) is 3.01. The molecule has 0 aliphatic heterocycles. The van der Waals surface area contributed by atoms with Gasteiger partial charge in [0.1, 0.15) is 0 Å². The average Bonchev–Trinajstić information content (AvgIpc) is 2.36. The molecule has 1 aromatic rings. The summed E-state index contributed by atoms with van der Waals surface area (Å²) in [7, 11) is 0. The molecule has 1 rings (SSSR count). The van der Waals surface area contributed by atoms with E-state index >= 15 is 0 Å². The lowest BCUT2D eigenvalue weighted by Crippen LogP contribution is -2.26. The monoisotopic (exact) mass is 271 g/mol. The fourth-order valence-electron chi connectivity index (χ4n) is 1.49. The summed E-state index contributed by atoms with van der Waals surface area (Å²) >= 11 is 6.11. The summed E-state index contributed by atoms with van der Waals surface area (Å²) in [6, 6.07) is 5.45. The Hall–Kier alpha value is -1.30. The number of aliphatic hydroxyl groups is 1. The largest absolute Gasteiger partial charge is 0.409 e. The van der Waals surface area contributed by atoms with E-state index in [4.69, 9.17) is 27.6 Å². The maximum Gasteiger partial charge on any atom is 0.170 e. The maximum atomic E-state index is 8.80. The van der Waals surface area contributed by atoms with Crippen molar-refractivity contribution in [2.75, 3.05) is 6.61 Å². The van der Waals surface area contributed by atoms with Crippen molar-refractivity contribution in [3.63, 3.8) is 0 Å². The van der Waals surface area contributed by atoms with Gasteiger partial charge in [-0.3, -0.25) is 0 Å². The Morgan fingerprint density at radius 3 is 2.83 bits per heavy atom. The number of nitrogens with one attached hydrogen (secondary N) is 1. The van der Waals surface area contributed by atoms with Gasteiger partial charge < -0.3 is 21.4 Å². The van der Waals surface area contributed by atoms with E-state index in [2.05, 4.69) is 10.5 Å². The number of oxime groups is 1. The highest BCUT2D eigenvalue weighted by Gasteiger charge is 2.06. The molecule has 0 aliphatic rings. The molecule has 5 N–H and O–H groups in total. The van der Waals surface area contributed by atoms with Crippen molar-refractivity contribution in [2.45, 2.75) is 25.9 Å². The lowest BCUT2D eigenvalue weighted by atomic mass is 10.1. The van der Waals surface area contributed by atoms with Crippen LogP contribution in [0.5, 0.6) is 0 Å². The molecule has 100 valence electrons. The lowest BCUT2D eigenvalue weighted by Gasteiger charge is -2.13. The third-order valence-electron chi connectivity index (χ3n) is 2.66. The van der Waals surface area contributed by atoms with Crippen molar-refractivity contribution in [3.8, 4) is 0 Å². The van der Waals surface area contributed by atoms with Gasteiger partial charge in [-0.1, -0.05) is 28.9 Å². The second-order valence-corrected chi connectivity index (χ2v) is 4.49. The zero-order valence-corrected chi connectivity index (χ0v) is 11.0. The van der Waals surface area contributed by atoms with E-state index in [0.717, 1.165) is 5.56 Å². The van der Waals surface area contributed by atoms with Gasteiger partial charge >= 0.3 is 0 Å². The predicted molar refractivity (Wildman–Crippen MR) is 72.0 cm³/mol. The molecule has 0 saturated carbocycles. The number of benzene rings is 1. The third kappa shape index (κ3) is 4.18. The van der Waals surface area contributed by atoms with Crippen LogP contribution in [0.4, 0.5) is 0 Å². The van der Waals surface area contributed by atoms with Crippen LogP contribution in [0.15, 0.2) is 23.4 Å². The van der Waals surface area contributed by atoms with Crippen LogP contribution < -0.4 is 11.1 Å². The Morgan fingerprint density at radius 1 is 1.56 bits per heavy atom.